The molecule has 4 nitrogen and oxygen atoms in total. The van der Waals surface area contributed by atoms with E-state index >= 15 is 0 Å². The van der Waals surface area contributed by atoms with Crippen molar-refractivity contribution in [3.63, 3.8) is 0 Å². The Bertz CT molecular complexity index is 410. The first-order chi connectivity index (χ1) is 9.92. The van der Waals surface area contributed by atoms with E-state index in [9.17, 15) is 0 Å². The lowest BCUT2D eigenvalue weighted by Gasteiger charge is -2.29. The molecule has 1 N–H and O–H groups in total. The molecule has 0 atom stereocenters. The Kier molecular flexibility index (Phi) is 4.74. The largest absolute Gasteiger partial charge is 0.489 e. The zero-order valence-corrected chi connectivity index (χ0v) is 12.2. The van der Waals surface area contributed by atoms with Crippen LogP contribution in [0.25, 0.3) is 0 Å². The van der Waals surface area contributed by atoms with Crippen LogP contribution in [0.5, 0.6) is 5.75 Å². The summed E-state index contributed by atoms with van der Waals surface area (Å²) in [6.45, 7) is 4.20. The fraction of sp³-hybridized carbons (Fsp3) is 0.688. The average Bonchev–Trinajstić information content (AvgIpc) is 2.77. The lowest BCUT2D eigenvalue weighted by Crippen LogP contribution is -2.43. The van der Waals surface area contributed by atoms with Crippen molar-refractivity contribution in [2.45, 2.75) is 44.6 Å². The normalized spacial score (nSPS) is 21.5. The molecule has 2 fully saturated rings. The standard InChI is InChI=1S/C16H25N3O/c1-2-4-6-15(5-3-1)20-16-11-14(12-18-13-16)19-9-7-17-8-10-19/h11-13,15,17H,1-10H2. The molecule has 0 spiro atoms. The van der Waals surface area contributed by atoms with E-state index in [0.717, 1.165) is 31.9 Å². The second-order valence-corrected chi connectivity index (χ2v) is 5.85. The molecular formula is C16H25N3O. The molecule has 1 aliphatic carbocycles. The summed E-state index contributed by atoms with van der Waals surface area (Å²) in [6.07, 6.45) is 11.9. The van der Waals surface area contributed by atoms with Gasteiger partial charge in [-0.25, -0.2) is 0 Å². The SMILES string of the molecule is c1ncc(N2CCNCC2)cc1OC1CCCCCC1. The van der Waals surface area contributed by atoms with E-state index in [1.54, 1.807) is 0 Å². The first kappa shape index (κ1) is 13.7. The van der Waals surface area contributed by atoms with Crippen LogP contribution in [0.15, 0.2) is 18.5 Å². The zero-order chi connectivity index (χ0) is 13.6. The highest BCUT2D eigenvalue weighted by molar-refractivity contribution is 5.48. The lowest BCUT2D eigenvalue weighted by atomic mass is 10.1. The lowest BCUT2D eigenvalue weighted by molar-refractivity contribution is 0.183. The number of hydrogen-bond donors (Lipinski definition) is 1. The van der Waals surface area contributed by atoms with Crippen LogP contribution in [0.4, 0.5) is 5.69 Å². The maximum absolute atomic E-state index is 6.16. The van der Waals surface area contributed by atoms with Gasteiger partial charge in [0.25, 0.3) is 0 Å². The van der Waals surface area contributed by atoms with Crippen molar-refractivity contribution in [2.24, 2.45) is 0 Å². The summed E-state index contributed by atoms with van der Waals surface area (Å²) in [4.78, 5) is 6.74. The van der Waals surface area contributed by atoms with Crippen LogP contribution in [0, 0.1) is 0 Å². The van der Waals surface area contributed by atoms with Crippen LogP contribution in [0.2, 0.25) is 0 Å². The first-order valence-electron chi connectivity index (χ1n) is 7.99. The number of nitrogens with one attached hydrogen (secondary N) is 1. The van der Waals surface area contributed by atoms with E-state index in [1.165, 1.54) is 44.2 Å². The number of rotatable bonds is 3. The van der Waals surface area contributed by atoms with Crippen LogP contribution in [0.3, 0.4) is 0 Å². The van der Waals surface area contributed by atoms with E-state index in [1.807, 2.05) is 12.4 Å². The third-order valence-corrected chi connectivity index (χ3v) is 4.29. The van der Waals surface area contributed by atoms with E-state index < -0.39 is 0 Å². The Morgan fingerprint density at radius 2 is 1.80 bits per heavy atom. The molecular weight excluding hydrogens is 250 g/mol. The Balaban J connectivity index is 1.64. The summed E-state index contributed by atoms with van der Waals surface area (Å²) >= 11 is 0. The van der Waals surface area contributed by atoms with Crippen LogP contribution in [0.1, 0.15) is 38.5 Å². The highest BCUT2D eigenvalue weighted by Gasteiger charge is 2.15. The van der Waals surface area contributed by atoms with Gasteiger partial charge in [0.1, 0.15) is 5.75 Å². The minimum atomic E-state index is 0.387. The second kappa shape index (κ2) is 6.93. The Morgan fingerprint density at radius 1 is 1.05 bits per heavy atom. The first-order valence-corrected chi connectivity index (χ1v) is 7.99. The van der Waals surface area contributed by atoms with E-state index in [4.69, 9.17) is 4.74 Å². The smallest absolute Gasteiger partial charge is 0.140 e. The Hall–Kier alpha value is -1.29. The summed E-state index contributed by atoms with van der Waals surface area (Å²) in [5.74, 6) is 0.938. The van der Waals surface area contributed by atoms with Crippen molar-refractivity contribution >= 4 is 5.69 Å². The third-order valence-electron chi connectivity index (χ3n) is 4.29. The van der Waals surface area contributed by atoms with Gasteiger partial charge in [0.2, 0.25) is 0 Å². The highest BCUT2D eigenvalue weighted by Crippen LogP contribution is 2.25. The van der Waals surface area contributed by atoms with E-state index in [2.05, 4.69) is 21.3 Å². The summed E-state index contributed by atoms with van der Waals surface area (Å²) in [5.41, 5.74) is 1.19. The topological polar surface area (TPSA) is 37.4 Å². The predicted molar refractivity (Wildman–Crippen MR) is 81.4 cm³/mol. The van der Waals surface area contributed by atoms with Crippen molar-refractivity contribution in [1.82, 2.24) is 10.3 Å². The summed E-state index contributed by atoms with van der Waals surface area (Å²) in [6, 6.07) is 2.16. The van der Waals surface area contributed by atoms with E-state index in [-0.39, 0.29) is 0 Å². The summed E-state index contributed by atoms with van der Waals surface area (Å²) < 4.78 is 6.16. The number of anilines is 1. The van der Waals surface area contributed by atoms with Crippen LogP contribution < -0.4 is 15.0 Å². The third kappa shape index (κ3) is 3.63. The van der Waals surface area contributed by atoms with Crippen molar-refractivity contribution in [3.05, 3.63) is 18.5 Å². The van der Waals surface area contributed by atoms with Gasteiger partial charge in [0.05, 0.1) is 24.2 Å². The molecule has 4 heteroatoms. The molecule has 110 valence electrons. The van der Waals surface area contributed by atoms with Gasteiger partial charge in [-0.3, -0.25) is 4.98 Å². The predicted octanol–water partition coefficient (Wildman–Crippen LogP) is 2.59. The molecule has 3 rings (SSSR count). The van der Waals surface area contributed by atoms with Crippen LogP contribution in [-0.2, 0) is 0 Å². The average molecular weight is 275 g/mol. The molecule has 0 unspecified atom stereocenters. The molecule has 20 heavy (non-hydrogen) atoms. The van der Waals surface area contributed by atoms with Crippen LogP contribution in [-0.4, -0.2) is 37.3 Å². The number of pyridine rings is 1. The molecule has 1 saturated heterocycles. The highest BCUT2D eigenvalue weighted by atomic mass is 16.5. The molecule has 0 amide bonds. The van der Waals surface area contributed by atoms with Gasteiger partial charge < -0.3 is 15.0 Å². The van der Waals surface area contributed by atoms with Crippen molar-refractivity contribution in [1.29, 1.82) is 0 Å². The van der Waals surface area contributed by atoms with Gasteiger partial charge in [-0.05, 0) is 25.7 Å². The van der Waals surface area contributed by atoms with Crippen molar-refractivity contribution < 1.29 is 4.74 Å². The Morgan fingerprint density at radius 3 is 2.55 bits per heavy atom. The fourth-order valence-electron chi connectivity index (χ4n) is 3.12. The number of nitrogens with zero attached hydrogens (tertiary/aromatic N) is 2. The number of aromatic nitrogens is 1. The number of hydrogen-bond acceptors (Lipinski definition) is 4. The van der Waals surface area contributed by atoms with Crippen molar-refractivity contribution in [3.8, 4) is 5.75 Å². The summed E-state index contributed by atoms with van der Waals surface area (Å²) in [5, 5.41) is 3.38. The number of ether oxygens (including phenoxy) is 1. The molecule has 0 bridgehead atoms. The van der Waals surface area contributed by atoms with Gasteiger partial charge in [-0.1, -0.05) is 12.8 Å². The zero-order valence-electron chi connectivity index (χ0n) is 12.2. The van der Waals surface area contributed by atoms with Crippen LogP contribution >= 0.6 is 0 Å². The maximum atomic E-state index is 6.16. The maximum Gasteiger partial charge on any atom is 0.140 e. The van der Waals surface area contributed by atoms with Crippen molar-refractivity contribution in [2.75, 3.05) is 31.1 Å². The van der Waals surface area contributed by atoms with Gasteiger partial charge in [-0.2, -0.15) is 0 Å². The van der Waals surface area contributed by atoms with Gasteiger partial charge in [0.15, 0.2) is 0 Å². The molecule has 2 aliphatic rings. The summed E-state index contributed by atoms with van der Waals surface area (Å²) in [7, 11) is 0. The molecule has 1 aromatic heterocycles. The molecule has 2 heterocycles. The van der Waals surface area contributed by atoms with Gasteiger partial charge in [0, 0.05) is 32.2 Å². The monoisotopic (exact) mass is 275 g/mol. The molecule has 0 aromatic carbocycles. The van der Waals surface area contributed by atoms with Gasteiger partial charge >= 0.3 is 0 Å². The number of piperazine rings is 1. The van der Waals surface area contributed by atoms with Gasteiger partial charge in [-0.15, -0.1) is 0 Å². The molecule has 0 radical (unpaired) electrons. The molecule has 1 saturated carbocycles. The second-order valence-electron chi connectivity index (χ2n) is 5.85. The minimum Gasteiger partial charge on any atom is -0.489 e. The Labute approximate surface area is 121 Å². The quantitative estimate of drug-likeness (QED) is 0.860. The van der Waals surface area contributed by atoms with E-state index in [0.29, 0.717) is 6.10 Å². The molecule has 1 aromatic rings. The molecule has 1 aliphatic heterocycles. The minimum absolute atomic E-state index is 0.387. The fourth-order valence-corrected chi connectivity index (χ4v) is 3.12.